The van der Waals surface area contributed by atoms with Crippen molar-refractivity contribution in [1.82, 2.24) is 5.32 Å². The van der Waals surface area contributed by atoms with E-state index in [1.54, 1.807) is 0 Å². The van der Waals surface area contributed by atoms with Crippen molar-refractivity contribution in [2.45, 2.75) is 51.9 Å². The van der Waals surface area contributed by atoms with Crippen molar-refractivity contribution in [2.24, 2.45) is 17.6 Å². The summed E-state index contributed by atoms with van der Waals surface area (Å²) in [6.07, 6.45) is 12.4. The molecule has 104 valence electrons. The molecule has 1 rings (SSSR count). The van der Waals surface area contributed by atoms with E-state index in [2.05, 4.69) is 12.2 Å². The van der Waals surface area contributed by atoms with Crippen molar-refractivity contribution < 1.29 is 4.79 Å². The van der Waals surface area contributed by atoms with Crippen LogP contribution in [0.4, 0.5) is 0 Å². The number of nitrogens with two attached hydrogens (primary N) is 1. The maximum Gasteiger partial charge on any atom is 0.223 e. The van der Waals surface area contributed by atoms with Crippen LogP contribution in [0.1, 0.15) is 51.9 Å². The summed E-state index contributed by atoms with van der Waals surface area (Å²) in [4.78, 5) is 11.9. The Labute approximate surface area is 111 Å². The topological polar surface area (TPSA) is 55.1 Å². The average molecular weight is 252 g/mol. The Kier molecular flexibility index (Phi) is 7.74. The number of hydrogen-bond acceptors (Lipinski definition) is 2. The number of carbonyl (C=O) groups is 1. The molecule has 1 saturated carbocycles. The van der Waals surface area contributed by atoms with Crippen LogP contribution in [0.3, 0.4) is 0 Å². The molecule has 1 aliphatic rings. The number of hydrogen-bond donors (Lipinski definition) is 2. The maximum atomic E-state index is 11.9. The van der Waals surface area contributed by atoms with Crippen LogP contribution in [0, 0.1) is 11.8 Å². The number of unbranched alkanes of at least 4 members (excludes halogenated alkanes) is 1. The fraction of sp³-hybridized carbons (Fsp3) is 0.800. The van der Waals surface area contributed by atoms with Crippen LogP contribution in [-0.4, -0.2) is 19.0 Å². The van der Waals surface area contributed by atoms with E-state index in [9.17, 15) is 4.79 Å². The highest BCUT2D eigenvalue weighted by atomic mass is 16.1. The van der Waals surface area contributed by atoms with Crippen molar-refractivity contribution in [2.75, 3.05) is 13.1 Å². The maximum absolute atomic E-state index is 11.9. The van der Waals surface area contributed by atoms with Gasteiger partial charge in [-0.15, -0.1) is 0 Å². The second kappa shape index (κ2) is 9.15. The van der Waals surface area contributed by atoms with Crippen LogP contribution in [0.2, 0.25) is 0 Å². The molecule has 3 heteroatoms. The molecule has 0 aromatic heterocycles. The lowest BCUT2D eigenvalue weighted by molar-refractivity contribution is -0.126. The normalized spacial score (nSPS) is 24.3. The first-order chi connectivity index (χ1) is 8.77. The van der Waals surface area contributed by atoms with Crippen molar-refractivity contribution in [3.8, 4) is 0 Å². The number of carbonyl (C=O) groups excluding carboxylic acids is 1. The Morgan fingerprint density at radius 2 is 2.00 bits per heavy atom. The lowest BCUT2D eigenvalue weighted by Crippen LogP contribution is -2.33. The van der Waals surface area contributed by atoms with Gasteiger partial charge in [0, 0.05) is 19.0 Å². The van der Waals surface area contributed by atoms with Gasteiger partial charge in [0.05, 0.1) is 0 Å². The molecular formula is C15H28N2O. The summed E-state index contributed by atoms with van der Waals surface area (Å²) in [5, 5.41) is 2.96. The van der Waals surface area contributed by atoms with E-state index >= 15 is 0 Å². The van der Waals surface area contributed by atoms with E-state index in [1.165, 1.54) is 32.1 Å². The van der Waals surface area contributed by atoms with Crippen molar-refractivity contribution >= 4 is 5.91 Å². The van der Waals surface area contributed by atoms with E-state index in [-0.39, 0.29) is 11.8 Å². The van der Waals surface area contributed by atoms with E-state index in [0.717, 1.165) is 18.8 Å². The fourth-order valence-electron chi connectivity index (χ4n) is 2.69. The summed E-state index contributed by atoms with van der Waals surface area (Å²) in [7, 11) is 0. The fourth-order valence-corrected chi connectivity index (χ4v) is 2.69. The predicted molar refractivity (Wildman–Crippen MR) is 76.2 cm³/mol. The van der Waals surface area contributed by atoms with Gasteiger partial charge in [-0.3, -0.25) is 4.79 Å². The van der Waals surface area contributed by atoms with Crippen molar-refractivity contribution in [1.29, 1.82) is 0 Å². The Bertz CT molecular complexity index is 255. The van der Waals surface area contributed by atoms with Gasteiger partial charge in [0.2, 0.25) is 5.91 Å². The molecule has 18 heavy (non-hydrogen) atoms. The minimum absolute atomic E-state index is 0.227. The molecule has 0 bridgehead atoms. The van der Waals surface area contributed by atoms with Gasteiger partial charge in [-0.1, -0.05) is 38.3 Å². The third-order valence-electron chi connectivity index (χ3n) is 3.88. The molecule has 0 atom stereocenters. The van der Waals surface area contributed by atoms with Crippen LogP contribution in [0.25, 0.3) is 0 Å². The summed E-state index contributed by atoms with van der Waals surface area (Å²) >= 11 is 0. The standard InChI is InChI=1S/C15H28N2O/c1-2-3-6-13-7-9-14(10-8-13)15(18)17-12-5-4-11-16/h4-5,13-14H,2-3,6-12,16H2,1H3,(H,17,18)/b5-4+. The monoisotopic (exact) mass is 252 g/mol. The summed E-state index contributed by atoms with van der Waals surface area (Å²) in [5.41, 5.74) is 5.34. The molecule has 0 radical (unpaired) electrons. The first kappa shape index (κ1) is 15.2. The largest absolute Gasteiger partial charge is 0.352 e. The molecule has 0 unspecified atom stereocenters. The lowest BCUT2D eigenvalue weighted by atomic mass is 9.79. The zero-order chi connectivity index (χ0) is 13.2. The zero-order valence-electron chi connectivity index (χ0n) is 11.7. The van der Waals surface area contributed by atoms with Crippen LogP contribution in [0.15, 0.2) is 12.2 Å². The molecule has 0 saturated heterocycles. The first-order valence-electron chi connectivity index (χ1n) is 7.40. The average Bonchev–Trinajstić information content (AvgIpc) is 2.41. The van der Waals surface area contributed by atoms with Gasteiger partial charge in [-0.05, 0) is 31.6 Å². The SMILES string of the molecule is CCCCC1CCC(C(=O)NC/C=C/CN)CC1. The minimum atomic E-state index is 0.227. The first-order valence-corrected chi connectivity index (χ1v) is 7.40. The van der Waals surface area contributed by atoms with E-state index in [4.69, 9.17) is 5.73 Å². The van der Waals surface area contributed by atoms with Crippen LogP contribution >= 0.6 is 0 Å². The molecule has 0 spiro atoms. The highest BCUT2D eigenvalue weighted by Gasteiger charge is 2.25. The summed E-state index contributed by atoms with van der Waals surface area (Å²) < 4.78 is 0. The van der Waals surface area contributed by atoms with Crippen molar-refractivity contribution in [3.05, 3.63) is 12.2 Å². The molecule has 0 aromatic carbocycles. The van der Waals surface area contributed by atoms with Gasteiger partial charge >= 0.3 is 0 Å². The summed E-state index contributed by atoms with van der Waals surface area (Å²) in [6.45, 7) is 3.40. The second-order valence-electron chi connectivity index (χ2n) is 5.31. The highest BCUT2D eigenvalue weighted by Crippen LogP contribution is 2.31. The summed E-state index contributed by atoms with van der Waals surface area (Å²) in [6, 6.07) is 0. The van der Waals surface area contributed by atoms with Gasteiger partial charge in [-0.2, -0.15) is 0 Å². The van der Waals surface area contributed by atoms with Gasteiger partial charge in [0.15, 0.2) is 0 Å². The molecule has 0 heterocycles. The quantitative estimate of drug-likeness (QED) is 0.684. The molecule has 0 aliphatic heterocycles. The Hall–Kier alpha value is -0.830. The van der Waals surface area contributed by atoms with Gasteiger partial charge < -0.3 is 11.1 Å². The lowest BCUT2D eigenvalue weighted by Gasteiger charge is -2.27. The van der Waals surface area contributed by atoms with Crippen LogP contribution < -0.4 is 11.1 Å². The van der Waals surface area contributed by atoms with Gasteiger partial charge in [0.1, 0.15) is 0 Å². The number of nitrogens with one attached hydrogen (secondary N) is 1. The van der Waals surface area contributed by atoms with Crippen LogP contribution in [-0.2, 0) is 4.79 Å². The molecule has 3 nitrogen and oxygen atoms in total. The smallest absolute Gasteiger partial charge is 0.223 e. The second-order valence-corrected chi connectivity index (χ2v) is 5.31. The molecular weight excluding hydrogens is 224 g/mol. The van der Waals surface area contributed by atoms with Crippen LogP contribution in [0.5, 0.6) is 0 Å². The molecule has 1 fully saturated rings. The predicted octanol–water partition coefficient (Wildman–Crippen LogP) is 2.61. The third kappa shape index (κ3) is 5.67. The molecule has 0 aromatic rings. The highest BCUT2D eigenvalue weighted by molar-refractivity contribution is 5.78. The van der Waals surface area contributed by atoms with E-state index < -0.39 is 0 Å². The number of rotatable bonds is 7. The molecule has 1 amide bonds. The Balaban J connectivity index is 2.17. The van der Waals surface area contributed by atoms with Gasteiger partial charge in [-0.25, -0.2) is 0 Å². The minimum Gasteiger partial charge on any atom is -0.352 e. The Morgan fingerprint density at radius 3 is 2.61 bits per heavy atom. The summed E-state index contributed by atoms with van der Waals surface area (Å²) in [5.74, 6) is 1.34. The third-order valence-corrected chi connectivity index (χ3v) is 3.88. The van der Waals surface area contributed by atoms with E-state index in [0.29, 0.717) is 13.1 Å². The molecule has 1 aliphatic carbocycles. The van der Waals surface area contributed by atoms with E-state index in [1.807, 2.05) is 12.2 Å². The molecule has 3 N–H and O–H groups in total. The van der Waals surface area contributed by atoms with Crippen molar-refractivity contribution in [3.63, 3.8) is 0 Å². The Morgan fingerprint density at radius 1 is 1.28 bits per heavy atom. The number of amides is 1. The zero-order valence-corrected chi connectivity index (χ0v) is 11.7. The van der Waals surface area contributed by atoms with Gasteiger partial charge in [0.25, 0.3) is 0 Å².